The number of epoxide rings is 1. The summed E-state index contributed by atoms with van der Waals surface area (Å²) in [7, 11) is 0. The summed E-state index contributed by atoms with van der Waals surface area (Å²) < 4.78 is 30.2. The van der Waals surface area contributed by atoms with Gasteiger partial charge >= 0.3 is 0 Å². The van der Waals surface area contributed by atoms with E-state index in [1.54, 1.807) is 0 Å². The van der Waals surface area contributed by atoms with Crippen LogP contribution in [0.4, 0.5) is 0 Å². The summed E-state index contributed by atoms with van der Waals surface area (Å²) in [5, 5.41) is 2.26. The molecular weight excluding hydrogens is 494 g/mol. The zero-order valence-electron chi connectivity index (χ0n) is 24.2. The number of hydroxylamine groups is 2. The highest BCUT2D eigenvalue weighted by Crippen LogP contribution is 2.52. The second-order valence-corrected chi connectivity index (χ2v) is 11.9. The van der Waals surface area contributed by atoms with Crippen molar-refractivity contribution < 1.29 is 28.5 Å². The molecule has 0 saturated carbocycles. The first-order valence-corrected chi connectivity index (χ1v) is 14.5. The first kappa shape index (κ1) is 28.5. The summed E-state index contributed by atoms with van der Waals surface area (Å²) in [5.74, 6) is 0.222. The van der Waals surface area contributed by atoms with Gasteiger partial charge in [0, 0.05) is 18.4 Å². The first-order valence-electron chi connectivity index (χ1n) is 14.5. The highest BCUT2D eigenvalue weighted by Gasteiger charge is 2.60. The molecule has 4 unspecified atom stereocenters. The fourth-order valence-corrected chi connectivity index (χ4v) is 6.22. The van der Waals surface area contributed by atoms with Gasteiger partial charge in [0.15, 0.2) is 5.79 Å². The standard InChI is InChI=1S/C32H45NO6/c1-6-31(7-2)23-32(37-21-29(38-32)18-34-17-25-11-9-8-10-12-25)22-30(4,5)33(31)39-24(3)26-13-15-27(16-14-26)35-19-28-20-36-28/h8-16,24,28-29H,6-7,17-23H2,1-5H3. The number of rotatable bonds is 12. The van der Waals surface area contributed by atoms with Crippen molar-refractivity contribution >= 4 is 0 Å². The van der Waals surface area contributed by atoms with Crippen molar-refractivity contribution in [2.24, 2.45) is 0 Å². The molecule has 0 N–H and O–H groups in total. The average Bonchev–Trinajstić information content (AvgIpc) is 3.70. The van der Waals surface area contributed by atoms with Gasteiger partial charge in [-0.05, 0) is 56.9 Å². The molecule has 0 aliphatic carbocycles. The van der Waals surface area contributed by atoms with Gasteiger partial charge in [0.05, 0.1) is 32.0 Å². The van der Waals surface area contributed by atoms with E-state index in [0.717, 1.165) is 49.2 Å². The Bertz CT molecular complexity index is 1050. The normalized spacial score (nSPS) is 28.4. The third kappa shape index (κ3) is 6.67. The van der Waals surface area contributed by atoms with Gasteiger partial charge in [0.2, 0.25) is 0 Å². The lowest BCUT2D eigenvalue weighted by Crippen LogP contribution is -2.67. The van der Waals surface area contributed by atoms with Crippen LogP contribution < -0.4 is 4.74 Å². The van der Waals surface area contributed by atoms with Crippen LogP contribution in [-0.4, -0.2) is 60.6 Å². The zero-order valence-corrected chi connectivity index (χ0v) is 24.2. The summed E-state index contributed by atoms with van der Waals surface area (Å²) in [6, 6.07) is 18.5. The average molecular weight is 540 g/mol. The van der Waals surface area contributed by atoms with Crippen LogP contribution in [0.1, 0.15) is 77.5 Å². The van der Waals surface area contributed by atoms with Gasteiger partial charge in [-0.2, -0.15) is 5.06 Å². The van der Waals surface area contributed by atoms with Crippen molar-refractivity contribution in [2.75, 3.05) is 26.4 Å². The van der Waals surface area contributed by atoms with Crippen molar-refractivity contribution in [1.82, 2.24) is 5.06 Å². The van der Waals surface area contributed by atoms with E-state index >= 15 is 0 Å². The lowest BCUT2D eigenvalue weighted by Gasteiger charge is -2.59. The summed E-state index contributed by atoms with van der Waals surface area (Å²) in [6.07, 6.45) is 3.40. The highest BCUT2D eigenvalue weighted by molar-refractivity contribution is 5.28. The van der Waals surface area contributed by atoms with E-state index in [2.05, 4.69) is 63.9 Å². The maximum Gasteiger partial charge on any atom is 0.172 e. The Morgan fingerprint density at radius 3 is 2.31 bits per heavy atom. The van der Waals surface area contributed by atoms with Crippen LogP contribution in [-0.2, 0) is 30.4 Å². The third-order valence-electron chi connectivity index (χ3n) is 8.38. The number of benzene rings is 2. The molecule has 0 radical (unpaired) electrons. The monoisotopic (exact) mass is 539 g/mol. The maximum atomic E-state index is 6.82. The van der Waals surface area contributed by atoms with Crippen LogP contribution in [0.3, 0.4) is 0 Å². The van der Waals surface area contributed by atoms with Gasteiger partial charge in [0.1, 0.15) is 30.7 Å². The summed E-state index contributed by atoms with van der Waals surface area (Å²) >= 11 is 0. The van der Waals surface area contributed by atoms with E-state index in [-0.39, 0.29) is 29.4 Å². The van der Waals surface area contributed by atoms with Crippen molar-refractivity contribution in [1.29, 1.82) is 0 Å². The van der Waals surface area contributed by atoms with Crippen molar-refractivity contribution in [3.8, 4) is 5.75 Å². The lowest BCUT2D eigenvalue weighted by atomic mass is 9.73. The molecule has 7 nitrogen and oxygen atoms in total. The number of hydrogen-bond acceptors (Lipinski definition) is 7. The Morgan fingerprint density at radius 2 is 1.64 bits per heavy atom. The molecular formula is C32H45NO6. The van der Waals surface area contributed by atoms with Crippen LogP contribution >= 0.6 is 0 Å². The Kier molecular flexibility index (Phi) is 8.67. The maximum absolute atomic E-state index is 6.82. The molecule has 4 atom stereocenters. The molecule has 3 fully saturated rings. The van der Waals surface area contributed by atoms with Crippen LogP contribution in [0, 0.1) is 0 Å². The Morgan fingerprint density at radius 1 is 0.923 bits per heavy atom. The summed E-state index contributed by atoms with van der Waals surface area (Å²) in [4.78, 5) is 6.82. The van der Waals surface area contributed by atoms with E-state index < -0.39 is 5.79 Å². The second kappa shape index (κ2) is 11.9. The Labute approximate surface area is 233 Å². The van der Waals surface area contributed by atoms with E-state index in [1.165, 1.54) is 0 Å². The summed E-state index contributed by atoms with van der Waals surface area (Å²) in [6.45, 7) is 14.1. The minimum absolute atomic E-state index is 0.0745. The van der Waals surface area contributed by atoms with Gasteiger partial charge < -0.3 is 23.7 Å². The minimum Gasteiger partial charge on any atom is -0.491 e. The predicted octanol–water partition coefficient (Wildman–Crippen LogP) is 6.22. The van der Waals surface area contributed by atoms with Crippen LogP contribution in [0.15, 0.2) is 54.6 Å². The minimum atomic E-state index is -0.635. The number of ether oxygens (including phenoxy) is 5. The zero-order chi connectivity index (χ0) is 27.5. The number of piperidine rings is 1. The Hall–Kier alpha value is -2.00. The molecule has 3 heterocycles. The van der Waals surface area contributed by atoms with Gasteiger partial charge in [-0.1, -0.05) is 56.3 Å². The van der Waals surface area contributed by atoms with Crippen LogP contribution in [0.2, 0.25) is 0 Å². The first-order chi connectivity index (χ1) is 18.8. The summed E-state index contributed by atoms with van der Waals surface area (Å²) in [5.41, 5.74) is 1.76. The molecule has 0 bridgehead atoms. The number of nitrogens with zero attached hydrogens (tertiary/aromatic N) is 1. The molecule has 2 aromatic rings. The molecule has 2 aromatic carbocycles. The molecule has 3 aliphatic rings. The van der Waals surface area contributed by atoms with Crippen molar-refractivity contribution in [3.63, 3.8) is 0 Å². The molecule has 1 spiro atoms. The largest absolute Gasteiger partial charge is 0.491 e. The van der Waals surface area contributed by atoms with E-state index in [9.17, 15) is 0 Å². The SMILES string of the molecule is CCC1(CC)CC2(CC(C)(C)N1OC(C)c1ccc(OCC3CO3)cc1)OCC(COCc1ccccc1)O2. The molecule has 7 heteroatoms. The highest BCUT2D eigenvalue weighted by atomic mass is 16.8. The molecule has 5 rings (SSSR count). The Balaban J connectivity index is 1.23. The second-order valence-electron chi connectivity index (χ2n) is 11.9. The topological polar surface area (TPSA) is 61.9 Å². The fourth-order valence-electron chi connectivity index (χ4n) is 6.22. The van der Waals surface area contributed by atoms with Crippen LogP contribution in [0.25, 0.3) is 0 Å². The third-order valence-corrected chi connectivity index (χ3v) is 8.38. The van der Waals surface area contributed by atoms with E-state index in [0.29, 0.717) is 26.4 Å². The fraction of sp³-hybridized carbons (Fsp3) is 0.625. The lowest BCUT2D eigenvalue weighted by molar-refractivity contribution is -0.360. The van der Waals surface area contributed by atoms with E-state index in [1.807, 2.05) is 30.3 Å². The molecule has 214 valence electrons. The molecule has 3 saturated heterocycles. The predicted molar refractivity (Wildman–Crippen MR) is 149 cm³/mol. The van der Waals surface area contributed by atoms with Crippen molar-refractivity contribution in [2.45, 2.75) is 102 Å². The van der Waals surface area contributed by atoms with Gasteiger partial charge in [-0.15, -0.1) is 0 Å². The smallest absolute Gasteiger partial charge is 0.172 e. The van der Waals surface area contributed by atoms with Gasteiger partial charge in [0.25, 0.3) is 0 Å². The molecule has 3 aliphatic heterocycles. The molecule has 39 heavy (non-hydrogen) atoms. The van der Waals surface area contributed by atoms with Crippen molar-refractivity contribution in [3.05, 3.63) is 65.7 Å². The van der Waals surface area contributed by atoms with Crippen LogP contribution in [0.5, 0.6) is 5.75 Å². The molecule has 0 aromatic heterocycles. The van der Waals surface area contributed by atoms with Gasteiger partial charge in [-0.3, -0.25) is 4.84 Å². The number of hydrogen-bond donors (Lipinski definition) is 0. The van der Waals surface area contributed by atoms with E-state index in [4.69, 9.17) is 28.5 Å². The quantitative estimate of drug-likeness (QED) is 0.297. The van der Waals surface area contributed by atoms with Gasteiger partial charge in [-0.25, -0.2) is 0 Å². The molecule has 0 amide bonds.